The van der Waals surface area contributed by atoms with Crippen molar-refractivity contribution < 1.29 is 10.2 Å². The van der Waals surface area contributed by atoms with E-state index in [1.54, 1.807) is 6.92 Å². The van der Waals surface area contributed by atoms with Crippen LogP contribution in [0.25, 0.3) is 0 Å². The van der Waals surface area contributed by atoms with Crippen LogP contribution in [0.3, 0.4) is 0 Å². The molecule has 0 heterocycles. The van der Waals surface area contributed by atoms with E-state index in [0.717, 1.165) is 25.8 Å². The van der Waals surface area contributed by atoms with Gasteiger partial charge in [0.15, 0.2) is 0 Å². The first-order valence-electron chi connectivity index (χ1n) is 4.69. The van der Waals surface area contributed by atoms with Gasteiger partial charge in [0.1, 0.15) is 0 Å². The van der Waals surface area contributed by atoms with Crippen LogP contribution in [0.5, 0.6) is 0 Å². The van der Waals surface area contributed by atoms with Crippen molar-refractivity contribution in [2.75, 3.05) is 13.2 Å². The number of aliphatic hydroxyl groups excluding tert-OH is 2. The van der Waals surface area contributed by atoms with Gasteiger partial charge in [0.25, 0.3) is 0 Å². The van der Waals surface area contributed by atoms with Gasteiger partial charge >= 0.3 is 0 Å². The third kappa shape index (κ3) is 7.98. The molecule has 0 aliphatic heterocycles. The quantitative estimate of drug-likeness (QED) is 0.528. The third-order valence-electron chi connectivity index (χ3n) is 1.85. The summed E-state index contributed by atoms with van der Waals surface area (Å²) in [7, 11) is 0. The molecule has 2 atom stereocenters. The molecule has 0 radical (unpaired) electrons. The maximum absolute atomic E-state index is 8.96. The summed E-state index contributed by atoms with van der Waals surface area (Å²) in [5, 5.41) is 20.8. The van der Waals surface area contributed by atoms with Crippen LogP contribution in [0.4, 0.5) is 0 Å². The maximum Gasteiger partial charge on any atom is 0.0524 e. The molecule has 0 spiro atoms. The van der Waals surface area contributed by atoms with E-state index in [1.165, 1.54) is 0 Å². The minimum absolute atomic E-state index is 0.220. The summed E-state index contributed by atoms with van der Waals surface area (Å²) >= 11 is 0. The lowest BCUT2D eigenvalue weighted by atomic mass is 10.2. The molecule has 0 aliphatic carbocycles. The Morgan fingerprint density at radius 2 is 1.92 bits per heavy atom. The van der Waals surface area contributed by atoms with Crippen LogP contribution in [-0.2, 0) is 0 Å². The Labute approximate surface area is 74.8 Å². The predicted octanol–water partition coefficient (Wildman–Crippen LogP) is 0.508. The molecule has 0 saturated heterocycles. The van der Waals surface area contributed by atoms with E-state index in [9.17, 15) is 0 Å². The number of nitrogens with one attached hydrogen (secondary N) is 1. The Hall–Kier alpha value is -0.120. The van der Waals surface area contributed by atoms with Gasteiger partial charge in [-0.05, 0) is 39.7 Å². The normalized spacial score (nSPS) is 16.0. The highest BCUT2D eigenvalue weighted by Crippen LogP contribution is 1.95. The summed E-state index contributed by atoms with van der Waals surface area (Å²) in [6.45, 7) is 5.00. The van der Waals surface area contributed by atoms with E-state index in [2.05, 4.69) is 12.2 Å². The summed E-state index contributed by atoms with van der Waals surface area (Å²) in [6.07, 6.45) is 2.42. The largest absolute Gasteiger partial charge is 0.396 e. The van der Waals surface area contributed by atoms with Crippen molar-refractivity contribution in [2.24, 2.45) is 0 Å². The standard InChI is InChI=1S/C9H21NO2/c1-8(4-3-7-11)10-6-5-9(2)12/h8-12H,3-7H2,1-2H3. The first-order valence-corrected chi connectivity index (χ1v) is 4.69. The van der Waals surface area contributed by atoms with Crippen molar-refractivity contribution in [2.45, 2.75) is 45.3 Å². The lowest BCUT2D eigenvalue weighted by Gasteiger charge is -2.13. The lowest BCUT2D eigenvalue weighted by molar-refractivity contribution is 0.182. The molecule has 0 bridgehead atoms. The van der Waals surface area contributed by atoms with Crippen LogP contribution < -0.4 is 5.32 Å². The van der Waals surface area contributed by atoms with Gasteiger partial charge in [0.2, 0.25) is 0 Å². The fourth-order valence-electron chi connectivity index (χ4n) is 1.04. The van der Waals surface area contributed by atoms with Gasteiger partial charge in [0.05, 0.1) is 6.10 Å². The van der Waals surface area contributed by atoms with Crippen LogP contribution in [0.15, 0.2) is 0 Å². The van der Waals surface area contributed by atoms with Crippen molar-refractivity contribution in [3.8, 4) is 0 Å². The third-order valence-corrected chi connectivity index (χ3v) is 1.85. The molecule has 0 saturated carbocycles. The fraction of sp³-hybridized carbons (Fsp3) is 1.00. The molecule has 0 rings (SSSR count). The number of rotatable bonds is 7. The first-order chi connectivity index (χ1) is 5.66. The summed E-state index contributed by atoms with van der Waals surface area (Å²) in [5.41, 5.74) is 0. The van der Waals surface area contributed by atoms with Crippen molar-refractivity contribution in [3.05, 3.63) is 0 Å². The van der Waals surface area contributed by atoms with E-state index in [0.29, 0.717) is 6.04 Å². The highest BCUT2D eigenvalue weighted by atomic mass is 16.3. The summed E-state index contributed by atoms with van der Waals surface area (Å²) < 4.78 is 0. The Kier molecular flexibility index (Phi) is 7.45. The van der Waals surface area contributed by atoms with Crippen LogP contribution in [0, 0.1) is 0 Å². The minimum Gasteiger partial charge on any atom is -0.396 e. The summed E-state index contributed by atoms with van der Waals surface area (Å²) in [4.78, 5) is 0. The van der Waals surface area contributed by atoms with Crippen LogP contribution in [-0.4, -0.2) is 35.5 Å². The molecule has 74 valence electrons. The van der Waals surface area contributed by atoms with E-state index in [-0.39, 0.29) is 12.7 Å². The molecular weight excluding hydrogens is 154 g/mol. The predicted molar refractivity (Wildman–Crippen MR) is 50.1 cm³/mol. The number of hydrogen-bond donors (Lipinski definition) is 3. The number of aliphatic hydroxyl groups is 2. The molecule has 3 nitrogen and oxygen atoms in total. The van der Waals surface area contributed by atoms with Crippen LogP contribution in [0.1, 0.15) is 33.1 Å². The molecule has 12 heavy (non-hydrogen) atoms. The van der Waals surface area contributed by atoms with Gasteiger partial charge in [-0.15, -0.1) is 0 Å². The second-order valence-electron chi connectivity index (χ2n) is 3.36. The van der Waals surface area contributed by atoms with E-state index < -0.39 is 0 Å². The lowest BCUT2D eigenvalue weighted by Crippen LogP contribution is -2.28. The van der Waals surface area contributed by atoms with Crippen molar-refractivity contribution in [1.29, 1.82) is 0 Å². The van der Waals surface area contributed by atoms with E-state index in [1.807, 2.05) is 0 Å². The molecule has 0 aromatic rings. The summed E-state index contributed by atoms with van der Waals surface area (Å²) in [6, 6.07) is 0.441. The zero-order valence-electron chi connectivity index (χ0n) is 8.08. The SMILES string of the molecule is CC(O)CCNC(C)CCCO. The average Bonchev–Trinajstić information content (AvgIpc) is 2.00. The first kappa shape index (κ1) is 11.9. The monoisotopic (exact) mass is 175 g/mol. The van der Waals surface area contributed by atoms with Crippen molar-refractivity contribution in [3.63, 3.8) is 0 Å². The van der Waals surface area contributed by atoms with Gasteiger partial charge in [0, 0.05) is 12.6 Å². The zero-order valence-corrected chi connectivity index (χ0v) is 8.08. The van der Waals surface area contributed by atoms with Gasteiger partial charge in [-0.25, -0.2) is 0 Å². The van der Waals surface area contributed by atoms with Gasteiger partial charge in [-0.3, -0.25) is 0 Å². The fourth-order valence-corrected chi connectivity index (χ4v) is 1.04. The minimum atomic E-state index is -0.220. The highest BCUT2D eigenvalue weighted by Gasteiger charge is 2.00. The molecular formula is C9H21NO2. The Bertz CT molecular complexity index is 96.5. The average molecular weight is 175 g/mol. The van der Waals surface area contributed by atoms with Crippen molar-refractivity contribution in [1.82, 2.24) is 5.32 Å². The Balaban J connectivity index is 3.13. The van der Waals surface area contributed by atoms with Crippen LogP contribution in [0.2, 0.25) is 0 Å². The molecule has 2 unspecified atom stereocenters. The molecule has 3 heteroatoms. The molecule has 0 amide bonds. The van der Waals surface area contributed by atoms with Gasteiger partial charge < -0.3 is 15.5 Å². The van der Waals surface area contributed by atoms with E-state index in [4.69, 9.17) is 10.2 Å². The molecule has 0 aromatic heterocycles. The smallest absolute Gasteiger partial charge is 0.0524 e. The molecule has 0 aliphatic rings. The second-order valence-corrected chi connectivity index (χ2v) is 3.36. The zero-order chi connectivity index (χ0) is 9.40. The Morgan fingerprint density at radius 3 is 2.42 bits per heavy atom. The van der Waals surface area contributed by atoms with E-state index >= 15 is 0 Å². The topological polar surface area (TPSA) is 52.5 Å². The van der Waals surface area contributed by atoms with Crippen LogP contribution >= 0.6 is 0 Å². The van der Waals surface area contributed by atoms with Gasteiger partial charge in [-0.2, -0.15) is 0 Å². The second kappa shape index (κ2) is 7.53. The van der Waals surface area contributed by atoms with Gasteiger partial charge in [-0.1, -0.05) is 0 Å². The molecule has 0 fully saturated rings. The maximum atomic E-state index is 8.96. The Morgan fingerprint density at radius 1 is 1.25 bits per heavy atom. The van der Waals surface area contributed by atoms with Crippen molar-refractivity contribution >= 4 is 0 Å². The summed E-state index contributed by atoms with van der Waals surface area (Å²) in [5.74, 6) is 0. The molecule has 3 N–H and O–H groups in total. The number of hydrogen-bond acceptors (Lipinski definition) is 3. The molecule has 0 aromatic carbocycles. The highest BCUT2D eigenvalue weighted by molar-refractivity contribution is 4.61.